The van der Waals surface area contributed by atoms with Crippen LogP contribution in [-0.4, -0.2) is 31.3 Å². The van der Waals surface area contributed by atoms with Gasteiger partial charge in [-0.1, -0.05) is 24.4 Å². The maximum atomic E-state index is 10.2. The van der Waals surface area contributed by atoms with Crippen molar-refractivity contribution >= 4 is 0 Å². The SMILES string of the molecule is Cc1nccc(-c2noc(C3CCCCCC3O)n2)n1. The molecule has 1 fully saturated rings. The van der Waals surface area contributed by atoms with Crippen LogP contribution in [0.4, 0.5) is 0 Å². The van der Waals surface area contributed by atoms with Crippen LogP contribution in [0.3, 0.4) is 0 Å². The molecule has 1 saturated carbocycles. The first-order valence-electron chi connectivity index (χ1n) is 7.06. The number of hydrogen-bond acceptors (Lipinski definition) is 6. The molecule has 0 radical (unpaired) electrons. The number of aromatic nitrogens is 4. The van der Waals surface area contributed by atoms with Gasteiger partial charge in [-0.2, -0.15) is 4.98 Å². The Labute approximate surface area is 117 Å². The van der Waals surface area contributed by atoms with Crippen molar-refractivity contribution in [1.82, 2.24) is 20.1 Å². The van der Waals surface area contributed by atoms with Gasteiger partial charge in [0.15, 0.2) is 0 Å². The largest absolute Gasteiger partial charge is 0.392 e. The summed E-state index contributed by atoms with van der Waals surface area (Å²) in [4.78, 5) is 12.7. The average Bonchev–Trinajstić information content (AvgIpc) is 2.82. The van der Waals surface area contributed by atoms with Gasteiger partial charge in [0, 0.05) is 6.20 Å². The minimum Gasteiger partial charge on any atom is -0.392 e. The molecule has 0 saturated heterocycles. The van der Waals surface area contributed by atoms with Gasteiger partial charge in [0.2, 0.25) is 11.7 Å². The summed E-state index contributed by atoms with van der Waals surface area (Å²) >= 11 is 0. The lowest BCUT2D eigenvalue weighted by Gasteiger charge is -2.15. The van der Waals surface area contributed by atoms with E-state index in [1.54, 1.807) is 12.3 Å². The summed E-state index contributed by atoms with van der Waals surface area (Å²) < 4.78 is 5.34. The van der Waals surface area contributed by atoms with E-state index in [1.807, 2.05) is 6.92 Å². The Morgan fingerprint density at radius 2 is 2.05 bits per heavy atom. The van der Waals surface area contributed by atoms with Crippen molar-refractivity contribution in [1.29, 1.82) is 0 Å². The van der Waals surface area contributed by atoms with E-state index in [2.05, 4.69) is 20.1 Å². The Kier molecular flexibility index (Phi) is 3.73. The van der Waals surface area contributed by atoms with Crippen molar-refractivity contribution in [2.24, 2.45) is 0 Å². The molecule has 6 nitrogen and oxygen atoms in total. The fraction of sp³-hybridized carbons (Fsp3) is 0.571. The van der Waals surface area contributed by atoms with Crippen LogP contribution in [0.1, 0.15) is 49.7 Å². The van der Waals surface area contributed by atoms with Crippen LogP contribution in [0, 0.1) is 6.92 Å². The van der Waals surface area contributed by atoms with Crippen molar-refractivity contribution in [3.8, 4) is 11.5 Å². The number of aliphatic hydroxyl groups excluding tert-OH is 1. The van der Waals surface area contributed by atoms with Gasteiger partial charge in [-0.05, 0) is 25.8 Å². The Balaban J connectivity index is 1.86. The molecule has 1 aliphatic rings. The van der Waals surface area contributed by atoms with E-state index in [9.17, 15) is 5.11 Å². The topological polar surface area (TPSA) is 84.9 Å². The summed E-state index contributed by atoms with van der Waals surface area (Å²) in [5.41, 5.74) is 0.649. The Morgan fingerprint density at radius 3 is 2.90 bits per heavy atom. The fourth-order valence-electron chi connectivity index (χ4n) is 2.65. The van der Waals surface area contributed by atoms with Gasteiger partial charge in [0.05, 0.1) is 12.0 Å². The molecule has 106 valence electrons. The summed E-state index contributed by atoms with van der Waals surface area (Å²) in [5, 5.41) is 14.2. The van der Waals surface area contributed by atoms with E-state index in [-0.39, 0.29) is 5.92 Å². The summed E-state index contributed by atoms with van der Waals surface area (Å²) in [5.74, 6) is 1.60. The van der Waals surface area contributed by atoms with Gasteiger partial charge < -0.3 is 9.63 Å². The van der Waals surface area contributed by atoms with Crippen LogP contribution < -0.4 is 0 Å². The molecule has 6 heteroatoms. The highest BCUT2D eigenvalue weighted by atomic mass is 16.5. The summed E-state index contributed by atoms with van der Waals surface area (Å²) in [6, 6.07) is 1.76. The van der Waals surface area contributed by atoms with Gasteiger partial charge >= 0.3 is 0 Å². The number of aryl methyl sites for hydroxylation is 1. The first kappa shape index (κ1) is 13.2. The normalized spacial score (nSPS) is 23.5. The molecule has 2 aromatic heterocycles. The molecule has 20 heavy (non-hydrogen) atoms. The van der Waals surface area contributed by atoms with Crippen molar-refractivity contribution in [2.75, 3.05) is 0 Å². The van der Waals surface area contributed by atoms with E-state index in [1.165, 1.54) is 0 Å². The van der Waals surface area contributed by atoms with Crippen molar-refractivity contribution < 1.29 is 9.63 Å². The van der Waals surface area contributed by atoms with Crippen molar-refractivity contribution in [3.63, 3.8) is 0 Å². The molecule has 2 aromatic rings. The number of aliphatic hydroxyl groups is 1. The van der Waals surface area contributed by atoms with E-state index < -0.39 is 6.10 Å². The van der Waals surface area contributed by atoms with Gasteiger partial charge in [0.25, 0.3) is 0 Å². The number of hydrogen-bond donors (Lipinski definition) is 1. The monoisotopic (exact) mass is 274 g/mol. The zero-order valence-corrected chi connectivity index (χ0v) is 11.5. The zero-order chi connectivity index (χ0) is 13.9. The lowest BCUT2D eigenvalue weighted by molar-refractivity contribution is 0.119. The van der Waals surface area contributed by atoms with Crippen LogP contribution in [0.25, 0.3) is 11.5 Å². The molecule has 3 rings (SSSR count). The third-order valence-electron chi connectivity index (χ3n) is 3.74. The maximum Gasteiger partial charge on any atom is 0.232 e. The Bertz CT molecular complexity index is 584. The third kappa shape index (κ3) is 2.70. The fourth-order valence-corrected chi connectivity index (χ4v) is 2.65. The summed E-state index contributed by atoms with van der Waals surface area (Å²) in [6.45, 7) is 1.82. The van der Waals surface area contributed by atoms with Crippen molar-refractivity contribution in [2.45, 2.75) is 51.0 Å². The average molecular weight is 274 g/mol. The second kappa shape index (κ2) is 5.66. The van der Waals surface area contributed by atoms with Crippen LogP contribution in [0.15, 0.2) is 16.8 Å². The third-order valence-corrected chi connectivity index (χ3v) is 3.74. The molecule has 2 atom stereocenters. The summed E-state index contributed by atoms with van der Waals surface area (Å²) in [7, 11) is 0. The second-order valence-electron chi connectivity index (χ2n) is 5.26. The van der Waals surface area contributed by atoms with E-state index >= 15 is 0 Å². The van der Waals surface area contributed by atoms with E-state index in [4.69, 9.17) is 4.52 Å². The lowest BCUT2D eigenvalue weighted by atomic mass is 9.97. The molecule has 2 unspecified atom stereocenters. The Hall–Kier alpha value is -1.82. The number of rotatable bonds is 2. The standard InChI is InChI=1S/C14H18N4O2/c1-9-15-8-7-11(16-9)13-17-14(20-18-13)10-5-3-2-4-6-12(10)19/h7-8,10,12,19H,2-6H2,1H3. The molecule has 0 aliphatic heterocycles. The van der Waals surface area contributed by atoms with Gasteiger partial charge in [-0.25, -0.2) is 9.97 Å². The zero-order valence-electron chi connectivity index (χ0n) is 11.5. The van der Waals surface area contributed by atoms with Crippen LogP contribution in [0.2, 0.25) is 0 Å². The van der Waals surface area contributed by atoms with Gasteiger partial charge in [-0.15, -0.1) is 0 Å². The molecule has 0 amide bonds. The van der Waals surface area contributed by atoms with Gasteiger partial charge in [-0.3, -0.25) is 0 Å². The highest BCUT2D eigenvalue weighted by molar-refractivity contribution is 5.47. The molecule has 2 heterocycles. The minimum atomic E-state index is -0.391. The first-order chi connectivity index (χ1) is 9.74. The Morgan fingerprint density at radius 1 is 1.20 bits per heavy atom. The maximum absolute atomic E-state index is 10.2. The highest BCUT2D eigenvalue weighted by Crippen LogP contribution is 2.31. The molecule has 0 bridgehead atoms. The predicted octanol–water partition coefficient (Wildman–Crippen LogP) is 2.24. The molecule has 1 aliphatic carbocycles. The molecule has 0 spiro atoms. The number of nitrogens with zero attached hydrogens (tertiary/aromatic N) is 4. The van der Waals surface area contributed by atoms with E-state index in [0.717, 1.165) is 32.1 Å². The second-order valence-corrected chi connectivity index (χ2v) is 5.26. The summed E-state index contributed by atoms with van der Waals surface area (Å²) in [6.07, 6.45) is 6.28. The molecular weight excluding hydrogens is 256 g/mol. The molecular formula is C14H18N4O2. The highest BCUT2D eigenvalue weighted by Gasteiger charge is 2.28. The molecule has 0 aromatic carbocycles. The van der Waals surface area contributed by atoms with Crippen LogP contribution in [-0.2, 0) is 0 Å². The smallest absolute Gasteiger partial charge is 0.232 e. The lowest BCUT2D eigenvalue weighted by Crippen LogP contribution is -2.17. The molecule has 1 N–H and O–H groups in total. The predicted molar refractivity (Wildman–Crippen MR) is 71.9 cm³/mol. The minimum absolute atomic E-state index is 0.0540. The van der Waals surface area contributed by atoms with Crippen molar-refractivity contribution in [3.05, 3.63) is 24.0 Å². The van der Waals surface area contributed by atoms with E-state index in [0.29, 0.717) is 23.2 Å². The van der Waals surface area contributed by atoms with Crippen LogP contribution in [0.5, 0.6) is 0 Å². The first-order valence-corrected chi connectivity index (χ1v) is 7.06. The van der Waals surface area contributed by atoms with Gasteiger partial charge in [0.1, 0.15) is 11.5 Å². The quantitative estimate of drug-likeness (QED) is 0.845. The van der Waals surface area contributed by atoms with Crippen LogP contribution >= 0.6 is 0 Å².